The van der Waals surface area contributed by atoms with E-state index in [0.717, 1.165) is 12.1 Å². The SMILES string of the molecule is O=C(Nc1nccc2nncn12)c1cc(C(F)(F)F)ccc1Cl. The summed E-state index contributed by atoms with van der Waals surface area (Å²) in [5, 5.41) is 9.71. The molecule has 23 heavy (non-hydrogen) atoms. The van der Waals surface area contributed by atoms with Crippen molar-refractivity contribution >= 4 is 29.1 Å². The second-order valence-electron chi connectivity index (χ2n) is 4.47. The first kappa shape index (κ1) is 15.2. The summed E-state index contributed by atoms with van der Waals surface area (Å²) in [4.78, 5) is 16.2. The standard InChI is InChI=1S/C13H7ClF3N5O/c14-9-2-1-7(13(15,16)17)5-8(9)11(23)20-12-18-4-3-10-21-19-6-22(10)12/h1-6H,(H,18,20,23). The van der Waals surface area contributed by atoms with Crippen molar-refractivity contribution in [3.05, 3.63) is 52.9 Å². The average molecular weight is 342 g/mol. The van der Waals surface area contributed by atoms with Gasteiger partial charge in [0, 0.05) is 12.3 Å². The summed E-state index contributed by atoms with van der Waals surface area (Å²) < 4.78 is 39.6. The average Bonchev–Trinajstić information content (AvgIpc) is 2.96. The molecule has 1 aromatic carbocycles. The van der Waals surface area contributed by atoms with E-state index in [1.807, 2.05) is 0 Å². The molecular formula is C13H7ClF3N5O. The van der Waals surface area contributed by atoms with Gasteiger partial charge in [-0.25, -0.2) is 4.98 Å². The molecule has 1 amide bonds. The number of fused-ring (bicyclic) bond motifs is 1. The van der Waals surface area contributed by atoms with Crippen molar-refractivity contribution in [2.75, 3.05) is 5.32 Å². The van der Waals surface area contributed by atoms with Gasteiger partial charge in [-0.3, -0.25) is 14.5 Å². The van der Waals surface area contributed by atoms with Crippen molar-refractivity contribution in [1.82, 2.24) is 19.6 Å². The van der Waals surface area contributed by atoms with Crippen LogP contribution >= 0.6 is 11.6 Å². The molecule has 1 N–H and O–H groups in total. The van der Waals surface area contributed by atoms with Gasteiger partial charge in [-0.1, -0.05) is 11.6 Å². The molecule has 2 heterocycles. The number of nitrogens with one attached hydrogen (secondary N) is 1. The van der Waals surface area contributed by atoms with Crippen LogP contribution in [0.5, 0.6) is 0 Å². The Kier molecular flexibility index (Phi) is 3.64. The van der Waals surface area contributed by atoms with E-state index in [2.05, 4.69) is 20.5 Å². The highest BCUT2D eigenvalue weighted by Crippen LogP contribution is 2.32. The first-order chi connectivity index (χ1) is 10.9. The summed E-state index contributed by atoms with van der Waals surface area (Å²) in [5.41, 5.74) is -0.860. The molecule has 3 aromatic rings. The highest BCUT2D eigenvalue weighted by atomic mass is 35.5. The van der Waals surface area contributed by atoms with Gasteiger partial charge in [0.25, 0.3) is 5.91 Å². The van der Waals surface area contributed by atoms with Crippen LogP contribution in [0.1, 0.15) is 15.9 Å². The number of aromatic nitrogens is 4. The van der Waals surface area contributed by atoms with Crippen molar-refractivity contribution in [2.24, 2.45) is 0 Å². The molecule has 0 atom stereocenters. The number of halogens is 4. The molecule has 0 saturated heterocycles. The molecule has 0 unspecified atom stereocenters. The van der Waals surface area contributed by atoms with Gasteiger partial charge < -0.3 is 0 Å². The van der Waals surface area contributed by atoms with E-state index in [0.29, 0.717) is 11.7 Å². The molecule has 6 nitrogen and oxygen atoms in total. The molecule has 118 valence electrons. The van der Waals surface area contributed by atoms with Crippen LogP contribution in [-0.4, -0.2) is 25.5 Å². The lowest BCUT2D eigenvalue weighted by Gasteiger charge is -2.11. The van der Waals surface area contributed by atoms with Crippen LogP contribution in [0.3, 0.4) is 0 Å². The molecule has 0 radical (unpaired) electrons. The van der Waals surface area contributed by atoms with Gasteiger partial charge in [0.2, 0.25) is 5.95 Å². The van der Waals surface area contributed by atoms with E-state index in [1.54, 1.807) is 6.07 Å². The minimum Gasteiger partial charge on any atom is -0.291 e. The molecule has 0 aliphatic carbocycles. The van der Waals surface area contributed by atoms with Gasteiger partial charge in [-0.05, 0) is 18.2 Å². The van der Waals surface area contributed by atoms with Crippen molar-refractivity contribution in [1.29, 1.82) is 0 Å². The van der Waals surface area contributed by atoms with Gasteiger partial charge >= 0.3 is 6.18 Å². The van der Waals surface area contributed by atoms with Crippen LogP contribution in [0.2, 0.25) is 5.02 Å². The summed E-state index contributed by atoms with van der Waals surface area (Å²) in [6, 6.07) is 4.06. The van der Waals surface area contributed by atoms with Crippen LogP contribution in [0.25, 0.3) is 5.65 Å². The highest BCUT2D eigenvalue weighted by molar-refractivity contribution is 6.34. The van der Waals surface area contributed by atoms with Crippen molar-refractivity contribution < 1.29 is 18.0 Å². The largest absolute Gasteiger partial charge is 0.416 e. The van der Waals surface area contributed by atoms with E-state index in [-0.39, 0.29) is 16.5 Å². The monoisotopic (exact) mass is 341 g/mol. The van der Waals surface area contributed by atoms with Crippen LogP contribution in [0.4, 0.5) is 19.1 Å². The zero-order chi connectivity index (χ0) is 16.6. The van der Waals surface area contributed by atoms with E-state index in [1.165, 1.54) is 16.9 Å². The number of hydrogen-bond donors (Lipinski definition) is 1. The molecule has 10 heteroatoms. The predicted molar refractivity (Wildman–Crippen MR) is 75.2 cm³/mol. The fourth-order valence-electron chi connectivity index (χ4n) is 1.89. The van der Waals surface area contributed by atoms with Crippen LogP contribution in [0, 0.1) is 0 Å². The van der Waals surface area contributed by atoms with Crippen LogP contribution in [0.15, 0.2) is 36.8 Å². The Morgan fingerprint density at radius 3 is 2.78 bits per heavy atom. The van der Waals surface area contributed by atoms with Gasteiger partial charge in [-0.15, -0.1) is 10.2 Å². The van der Waals surface area contributed by atoms with Crippen molar-refractivity contribution in [3.63, 3.8) is 0 Å². The number of carbonyl (C=O) groups excluding carboxylic acids is 1. The first-order valence-corrected chi connectivity index (χ1v) is 6.57. The Morgan fingerprint density at radius 2 is 2.04 bits per heavy atom. The Bertz CT molecular complexity index is 893. The normalized spacial score (nSPS) is 11.7. The van der Waals surface area contributed by atoms with Crippen LogP contribution in [-0.2, 0) is 6.18 Å². The third-order valence-electron chi connectivity index (χ3n) is 2.99. The lowest BCUT2D eigenvalue weighted by Crippen LogP contribution is -2.17. The third-order valence-corrected chi connectivity index (χ3v) is 3.32. The predicted octanol–water partition coefficient (Wildman–Crippen LogP) is 3.05. The Balaban J connectivity index is 1.96. The minimum atomic E-state index is -4.58. The number of nitrogens with zero attached hydrogens (tertiary/aromatic N) is 4. The number of amides is 1. The molecule has 2 aromatic heterocycles. The van der Waals surface area contributed by atoms with E-state index in [9.17, 15) is 18.0 Å². The maximum atomic E-state index is 12.7. The summed E-state index contributed by atoms with van der Waals surface area (Å²) in [5.74, 6) is -0.763. The molecular weight excluding hydrogens is 335 g/mol. The summed E-state index contributed by atoms with van der Waals surface area (Å²) in [6.07, 6.45) is -1.88. The zero-order valence-corrected chi connectivity index (χ0v) is 11.9. The summed E-state index contributed by atoms with van der Waals surface area (Å²) in [6.45, 7) is 0. The molecule has 0 bridgehead atoms. The minimum absolute atomic E-state index is 0.0611. The highest BCUT2D eigenvalue weighted by Gasteiger charge is 2.31. The molecule has 0 fully saturated rings. The number of rotatable bonds is 2. The number of benzene rings is 1. The molecule has 0 saturated carbocycles. The quantitative estimate of drug-likeness (QED) is 0.777. The Hall–Kier alpha value is -2.68. The maximum Gasteiger partial charge on any atom is 0.416 e. The van der Waals surface area contributed by atoms with Gasteiger partial charge in [0.1, 0.15) is 6.33 Å². The van der Waals surface area contributed by atoms with E-state index in [4.69, 9.17) is 11.6 Å². The van der Waals surface area contributed by atoms with E-state index < -0.39 is 17.6 Å². The fraction of sp³-hybridized carbons (Fsp3) is 0.0769. The third kappa shape index (κ3) is 2.95. The Labute approximate surface area is 131 Å². The first-order valence-electron chi connectivity index (χ1n) is 6.19. The number of carbonyl (C=O) groups is 1. The van der Waals surface area contributed by atoms with Crippen molar-refractivity contribution in [3.8, 4) is 0 Å². The van der Waals surface area contributed by atoms with Crippen LogP contribution < -0.4 is 5.32 Å². The smallest absolute Gasteiger partial charge is 0.291 e. The lowest BCUT2D eigenvalue weighted by molar-refractivity contribution is -0.137. The van der Waals surface area contributed by atoms with Gasteiger partial charge in [-0.2, -0.15) is 13.2 Å². The second-order valence-corrected chi connectivity index (χ2v) is 4.88. The summed E-state index contributed by atoms with van der Waals surface area (Å²) in [7, 11) is 0. The molecule has 3 rings (SSSR count). The van der Waals surface area contributed by atoms with E-state index >= 15 is 0 Å². The zero-order valence-electron chi connectivity index (χ0n) is 11.2. The number of anilines is 1. The number of alkyl halides is 3. The molecule has 0 aliphatic rings. The summed E-state index contributed by atoms with van der Waals surface area (Å²) >= 11 is 5.82. The second kappa shape index (κ2) is 5.51. The lowest BCUT2D eigenvalue weighted by atomic mass is 10.1. The molecule has 0 spiro atoms. The number of hydrogen-bond acceptors (Lipinski definition) is 4. The van der Waals surface area contributed by atoms with Crippen molar-refractivity contribution in [2.45, 2.75) is 6.18 Å². The van der Waals surface area contributed by atoms with Gasteiger partial charge in [0.05, 0.1) is 16.1 Å². The molecule has 0 aliphatic heterocycles. The fourth-order valence-corrected chi connectivity index (χ4v) is 2.10. The van der Waals surface area contributed by atoms with Gasteiger partial charge in [0.15, 0.2) is 5.65 Å². The maximum absolute atomic E-state index is 12.7. The topological polar surface area (TPSA) is 72.2 Å². The Morgan fingerprint density at radius 1 is 1.26 bits per heavy atom.